The predicted molar refractivity (Wildman–Crippen MR) is 81.8 cm³/mol. The molecule has 0 amide bonds. The molecule has 1 aromatic heterocycles. The molecule has 2 atom stereocenters. The molecule has 0 N–H and O–H groups in total. The number of piperazine rings is 1. The number of hydrogen-bond acceptors (Lipinski definition) is 5. The molecule has 2 saturated heterocycles. The Morgan fingerprint density at radius 3 is 2.48 bits per heavy atom. The summed E-state index contributed by atoms with van der Waals surface area (Å²) in [5, 5.41) is 0. The van der Waals surface area contributed by atoms with Gasteiger partial charge in [0.05, 0.1) is 14.2 Å². The Hall–Kier alpha value is -1.33. The van der Waals surface area contributed by atoms with E-state index in [1.807, 2.05) is 6.07 Å². The van der Waals surface area contributed by atoms with Crippen LogP contribution >= 0.6 is 0 Å². The fraction of sp³-hybridized carbons (Fsp3) is 0.688. The van der Waals surface area contributed by atoms with Crippen LogP contribution < -0.4 is 9.47 Å². The van der Waals surface area contributed by atoms with E-state index in [1.54, 1.807) is 14.2 Å². The zero-order valence-electron chi connectivity index (χ0n) is 13.4. The zero-order chi connectivity index (χ0) is 15.0. The van der Waals surface area contributed by atoms with Crippen LogP contribution in [0.2, 0.25) is 0 Å². The van der Waals surface area contributed by atoms with Gasteiger partial charge in [0.25, 0.3) is 0 Å². The SMILES string of the molecule is COc1ccc(CN2C3CC2CN(C(C)C)C3)c(OC)n1. The lowest BCUT2D eigenvalue weighted by molar-refractivity contribution is -0.0838. The van der Waals surface area contributed by atoms with Crippen molar-refractivity contribution in [2.45, 2.75) is 44.9 Å². The molecule has 2 fully saturated rings. The molecule has 21 heavy (non-hydrogen) atoms. The van der Waals surface area contributed by atoms with Gasteiger partial charge < -0.3 is 9.47 Å². The van der Waals surface area contributed by atoms with Gasteiger partial charge in [-0.05, 0) is 26.3 Å². The second kappa shape index (κ2) is 5.81. The summed E-state index contributed by atoms with van der Waals surface area (Å²) in [4.78, 5) is 9.55. The maximum Gasteiger partial charge on any atom is 0.220 e. The maximum atomic E-state index is 5.41. The van der Waals surface area contributed by atoms with Crippen molar-refractivity contribution < 1.29 is 9.47 Å². The number of aromatic nitrogens is 1. The monoisotopic (exact) mass is 291 g/mol. The fourth-order valence-electron chi connectivity index (χ4n) is 3.46. The molecule has 2 aliphatic heterocycles. The van der Waals surface area contributed by atoms with Gasteiger partial charge in [-0.25, -0.2) is 0 Å². The Morgan fingerprint density at radius 1 is 1.19 bits per heavy atom. The molecule has 5 nitrogen and oxygen atoms in total. The first-order chi connectivity index (χ1) is 10.1. The van der Waals surface area contributed by atoms with Crippen molar-refractivity contribution >= 4 is 0 Å². The number of piperidine rings is 1. The summed E-state index contributed by atoms with van der Waals surface area (Å²) < 4.78 is 10.6. The summed E-state index contributed by atoms with van der Waals surface area (Å²) in [6.07, 6.45) is 1.33. The first kappa shape index (κ1) is 14.6. The first-order valence-corrected chi connectivity index (χ1v) is 7.70. The van der Waals surface area contributed by atoms with Crippen LogP contribution in [0.3, 0.4) is 0 Å². The Balaban J connectivity index is 1.69. The minimum absolute atomic E-state index is 0.602. The highest BCUT2D eigenvalue weighted by Gasteiger charge is 2.44. The predicted octanol–water partition coefficient (Wildman–Crippen LogP) is 1.77. The zero-order valence-corrected chi connectivity index (χ0v) is 13.4. The number of hydrogen-bond donors (Lipinski definition) is 0. The summed E-state index contributed by atoms with van der Waals surface area (Å²) in [7, 11) is 3.30. The quantitative estimate of drug-likeness (QED) is 0.826. The van der Waals surface area contributed by atoms with Gasteiger partial charge in [0, 0.05) is 49.4 Å². The Kier molecular flexibility index (Phi) is 4.04. The topological polar surface area (TPSA) is 37.8 Å². The number of rotatable bonds is 5. The number of likely N-dealkylation sites (tertiary alicyclic amines) is 2. The molecule has 3 rings (SSSR count). The second-order valence-corrected chi connectivity index (χ2v) is 6.29. The number of methoxy groups -OCH3 is 2. The van der Waals surface area contributed by atoms with E-state index in [4.69, 9.17) is 9.47 Å². The Labute approximate surface area is 126 Å². The number of fused-ring (bicyclic) bond motifs is 2. The van der Waals surface area contributed by atoms with Gasteiger partial charge in [-0.2, -0.15) is 4.98 Å². The molecule has 3 heterocycles. The van der Waals surface area contributed by atoms with Crippen LogP contribution in [0.4, 0.5) is 0 Å². The van der Waals surface area contributed by atoms with E-state index in [2.05, 4.69) is 34.7 Å². The Bertz CT molecular complexity index is 494. The first-order valence-electron chi connectivity index (χ1n) is 7.70. The minimum Gasteiger partial charge on any atom is -0.481 e. The fourth-order valence-corrected chi connectivity index (χ4v) is 3.46. The summed E-state index contributed by atoms with van der Waals surface area (Å²) in [6, 6.07) is 5.98. The molecule has 116 valence electrons. The number of nitrogens with zero attached hydrogens (tertiary/aromatic N) is 3. The molecular formula is C16H25N3O2. The van der Waals surface area contributed by atoms with E-state index in [1.165, 1.54) is 19.5 Å². The third-order valence-corrected chi connectivity index (χ3v) is 4.77. The van der Waals surface area contributed by atoms with Crippen molar-refractivity contribution in [2.24, 2.45) is 0 Å². The van der Waals surface area contributed by atoms with Crippen LogP contribution in [0.5, 0.6) is 11.8 Å². The molecule has 0 radical (unpaired) electrons. The van der Waals surface area contributed by atoms with Gasteiger partial charge in [-0.1, -0.05) is 0 Å². The van der Waals surface area contributed by atoms with E-state index in [-0.39, 0.29) is 0 Å². The van der Waals surface area contributed by atoms with Gasteiger partial charge >= 0.3 is 0 Å². The molecule has 0 aliphatic carbocycles. The van der Waals surface area contributed by atoms with Crippen LogP contribution in [0, 0.1) is 0 Å². The summed E-state index contributed by atoms with van der Waals surface area (Å²) in [5.74, 6) is 1.28. The van der Waals surface area contributed by atoms with E-state index < -0.39 is 0 Å². The lowest BCUT2D eigenvalue weighted by Gasteiger charge is -2.57. The van der Waals surface area contributed by atoms with Crippen LogP contribution in [0.15, 0.2) is 12.1 Å². The highest BCUT2D eigenvalue weighted by molar-refractivity contribution is 5.31. The maximum absolute atomic E-state index is 5.41. The largest absolute Gasteiger partial charge is 0.481 e. The molecular weight excluding hydrogens is 266 g/mol. The molecule has 2 unspecified atom stereocenters. The van der Waals surface area contributed by atoms with Crippen molar-refractivity contribution in [3.8, 4) is 11.8 Å². The summed E-state index contributed by atoms with van der Waals surface area (Å²) in [6.45, 7) is 7.85. The van der Waals surface area contributed by atoms with E-state index in [9.17, 15) is 0 Å². The van der Waals surface area contributed by atoms with Crippen molar-refractivity contribution in [1.29, 1.82) is 0 Å². The summed E-state index contributed by atoms with van der Waals surface area (Å²) >= 11 is 0. The number of ether oxygens (including phenoxy) is 2. The lowest BCUT2D eigenvalue weighted by atomic mass is 9.86. The molecule has 2 aliphatic rings. The molecule has 2 bridgehead atoms. The second-order valence-electron chi connectivity index (χ2n) is 6.29. The average molecular weight is 291 g/mol. The van der Waals surface area contributed by atoms with E-state index >= 15 is 0 Å². The molecule has 0 saturated carbocycles. The average Bonchev–Trinajstić information content (AvgIpc) is 2.52. The van der Waals surface area contributed by atoms with Gasteiger partial charge in [0.15, 0.2) is 0 Å². The van der Waals surface area contributed by atoms with Gasteiger partial charge in [0.1, 0.15) is 0 Å². The van der Waals surface area contributed by atoms with E-state index in [0.717, 1.165) is 12.1 Å². The van der Waals surface area contributed by atoms with Crippen LogP contribution in [0.1, 0.15) is 25.8 Å². The van der Waals surface area contributed by atoms with Crippen LogP contribution in [-0.2, 0) is 6.54 Å². The van der Waals surface area contributed by atoms with Crippen molar-refractivity contribution in [1.82, 2.24) is 14.8 Å². The van der Waals surface area contributed by atoms with Crippen molar-refractivity contribution in [3.63, 3.8) is 0 Å². The van der Waals surface area contributed by atoms with Gasteiger partial charge in [0.2, 0.25) is 11.8 Å². The van der Waals surface area contributed by atoms with Crippen LogP contribution in [-0.4, -0.2) is 60.2 Å². The lowest BCUT2D eigenvalue weighted by Crippen LogP contribution is -2.68. The minimum atomic E-state index is 0.602. The molecule has 0 aromatic carbocycles. The standard InChI is InChI=1S/C16H25N3O2/c1-11(2)18-9-13-7-14(10-18)19(13)8-12-5-6-15(20-3)17-16(12)21-4/h5-6,11,13-14H,7-10H2,1-4H3. The third-order valence-electron chi connectivity index (χ3n) is 4.77. The Morgan fingerprint density at radius 2 is 1.90 bits per heavy atom. The highest BCUT2D eigenvalue weighted by Crippen LogP contribution is 2.35. The summed E-state index contributed by atoms with van der Waals surface area (Å²) in [5.41, 5.74) is 1.14. The smallest absolute Gasteiger partial charge is 0.220 e. The normalized spacial score (nSPS) is 25.8. The third kappa shape index (κ3) is 2.72. The molecule has 5 heteroatoms. The molecule has 0 spiro atoms. The van der Waals surface area contributed by atoms with Crippen LogP contribution in [0.25, 0.3) is 0 Å². The van der Waals surface area contributed by atoms with Crippen molar-refractivity contribution in [2.75, 3.05) is 27.3 Å². The van der Waals surface area contributed by atoms with E-state index in [0.29, 0.717) is 29.9 Å². The highest BCUT2D eigenvalue weighted by atomic mass is 16.5. The van der Waals surface area contributed by atoms with Crippen molar-refractivity contribution in [3.05, 3.63) is 17.7 Å². The van der Waals surface area contributed by atoms with Gasteiger partial charge in [-0.15, -0.1) is 0 Å². The van der Waals surface area contributed by atoms with Gasteiger partial charge in [-0.3, -0.25) is 9.80 Å². The number of pyridine rings is 1. The molecule has 1 aromatic rings.